The molecule has 0 fully saturated rings. The molecule has 1 heterocycles. The fourth-order valence-electron chi connectivity index (χ4n) is 1.17. The van der Waals surface area contributed by atoms with E-state index in [1.807, 2.05) is 12.2 Å². The third-order valence-electron chi connectivity index (χ3n) is 1.73. The summed E-state index contributed by atoms with van der Waals surface area (Å²) < 4.78 is 10.3. The SMILES string of the molecule is C=CC[C@H]1C=C[C@@H](OC(C)=O)CO1. The standard InChI is InChI=1S/C10H14O3/c1-3-4-9-5-6-10(7-12-9)13-8(2)11/h3,5-6,9-10H,1,4,7H2,2H3/t9-,10+/m0/s1. The van der Waals surface area contributed by atoms with Crippen LogP contribution in [0.5, 0.6) is 0 Å². The summed E-state index contributed by atoms with van der Waals surface area (Å²) in [5.74, 6) is -0.277. The number of carbonyl (C=O) groups excluding carboxylic acids is 1. The quantitative estimate of drug-likeness (QED) is 0.489. The van der Waals surface area contributed by atoms with Crippen LogP contribution in [0, 0.1) is 0 Å². The number of rotatable bonds is 3. The lowest BCUT2D eigenvalue weighted by atomic mass is 10.1. The molecule has 0 amide bonds. The van der Waals surface area contributed by atoms with Gasteiger partial charge in [-0.15, -0.1) is 6.58 Å². The van der Waals surface area contributed by atoms with Crippen LogP contribution in [0.25, 0.3) is 0 Å². The Kier molecular flexibility index (Phi) is 3.71. The molecule has 0 aromatic rings. The Hall–Kier alpha value is -1.09. The molecule has 0 saturated heterocycles. The average Bonchev–Trinajstić information content (AvgIpc) is 2.08. The summed E-state index contributed by atoms with van der Waals surface area (Å²) in [6.07, 6.45) is 6.23. The Labute approximate surface area is 78.0 Å². The van der Waals surface area contributed by atoms with Crippen LogP contribution in [-0.2, 0) is 14.3 Å². The van der Waals surface area contributed by atoms with E-state index in [4.69, 9.17) is 9.47 Å². The molecule has 0 aliphatic carbocycles. The van der Waals surface area contributed by atoms with Gasteiger partial charge in [0.15, 0.2) is 0 Å². The van der Waals surface area contributed by atoms with Gasteiger partial charge in [0.05, 0.1) is 12.7 Å². The van der Waals surface area contributed by atoms with E-state index in [2.05, 4.69) is 6.58 Å². The fraction of sp³-hybridized carbons (Fsp3) is 0.500. The first-order valence-electron chi connectivity index (χ1n) is 4.30. The van der Waals surface area contributed by atoms with Crippen LogP contribution in [-0.4, -0.2) is 24.8 Å². The van der Waals surface area contributed by atoms with Crippen molar-refractivity contribution in [2.24, 2.45) is 0 Å². The minimum atomic E-state index is -0.277. The molecule has 1 aliphatic heterocycles. The van der Waals surface area contributed by atoms with E-state index in [-0.39, 0.29) is 18.2 Å². The second-order valence-electron chi connectivity index (χ2n) is 2.93. The van der Waals surface area contributed by atoms with E-state index in [1.165, 1.54) is 6.92 Å². The van der Waals surface area contributed by atoms with E-state index in [1.54, 1.807) is 6.08 Å². The van der Waals surface area contributed by atoms with E-state index < -0.39 is 0 Å². The van der Waals surface area contributed by atoms with Crippen LogP contribution in [0.2, 0.25) is 0 Å². The second-order valence-corrected chi connectivity index (χ2v) is 2.93. The first kappa shape index (κ1) is 9.99. The maximum atomic E-state index is 10.6. The molecule has 13 heavy (non-hydrogen) atoms. The Morgan fingerprint density at radius 2 is 2.54 bits per heavy atom. The third-order valence-corrected chi connectivity index (χ3v) is 1.73. The maximum absolute atomic E-state index is 10.6. The van der Waals surface area contributed by atoms with Crippen molar-refractivity contribution in [1.82, 2.24) is 0 Å². The summed E-state index contributed by atoms with van der Waals surface area (Å²) in [5.41, 5.74) is 0. The van der Waals surface area contributed by atoms with Gasteiger partial charge in [0, 0.05) is 6.92 Å². The van der Waals surface area contributed by atoms with Gasteiger partial charge in [0.1, 0.15) is 6.10 Å². The Balaban J connectivity index is 2.37. The molecule has 2 atom stereocenters. The van der Waals surface area contributed by atoms with Crippen molar-refractivity contribution in [2.75, 3.05) is 6.61 Å². The maximum Gasteiger partial charge on any atom is 0.303 e. The molecule has 3 nitrogen and oxygen atoms in total. The predicted molar refractivity (Wildman–Crippen MR) is 49.2 cm³/mol. The molecule has 3 heteroatoms. The number of hydrogen-bond acceptors (Lipinski definition) is 3. The number of ether oxygens (including phenoxy) is 2. The van der Waals surface area contributed by atoms with Gasteiger partial charge in [-0.05, 0) is 12.5 Å². The smallest absolute Gasteiger partial charge is 0.303 e. The molecular formula is C10H14O3. The lowest BCUT2D eigenvalue weighted by molar-refractivity contribution is -0.147. The summed E-state index contributed by atoms with van der Waals surface area (Å²) >= 11 is 0. The molecule has 1 rings (SSSR count). The first-order valence-corrected chi connectivity index (χ1v) is 4.30. The highest BCUT2D eigenvalue weighted by Crippen LogP contribution is 2.11. The lowest BCUT2D eigenvalue weighted by Crippen LogP contribution is -2.27. The Morgan fingerprint density at radius 1 is 1.77 bits per heavy atom. The minimum absolute atomic E-state index is 0.0873. The zero-order valence-corrected chi connectivity index (χ0v) is 7.73. The molecule has 0 unspecified atom stereocenters. The van der Waals surface area contributed by atoms with Crippen LogP contribution in [0.15, 0.2) is 24.8 Å². The monoisotopic (exact) mass is 182 g/mol. The van der Waals surface area contributed by atoms with E-state index >= 15 is 0 Å². The number of hydrogen-bond donors (Lipinski definition) is 0. The largest absolute Gasteiger partial charge is 0.456 e. The topological polar surface area (TPSA) is 35.5 Å². The summed E-state index contributed by atoms with van der Waals surface area (Å²) in [7, 11) is 0. The minimum Gasteiger partial charge on any atom is -0.456 e. The second kappa shape index (κ2) is 4.82. The Morgan fingerprint density at radius 3 is 3.00 bits per heavy atom. The van der Waals surface area contributed by atoms with Gasteiger partial charge in [-0.2, -0.15) is 0 Å². The van der Waals surface area contributed by atoms with Crippen molar-refractivity contribution in [3.05, 3.63) is 24.8 Å². The van der Waals surface area contributed by atoms with Gasteiger partial charge in [-0.25, -0.2) is 0 Å². The van der Waals surface area contributed by atoms with Crippen LogP contribution in [0.3, 0.4) is 0 Å². The van der Waals surface area contributed by atoms with Gasteiger partial charge in [-0.3, -0.25) is 4.79 Å². The van der Waals surface area contributed by atoms with Crippen molar-refractivity contribution < 1.29 is 14.3 Å². The van der Waals surface area contributed by atoms with E-state index in [9.17, 15) is 4.79 Å². The lowest BCUT2D eigenvalue weighted by Gasteiger charge is -2.22. The van der Waals surface area contributed by atoms with Gasteiger partial charge < -0.3 is 9.47 Å². The number of carbonyl (C=O) groups is 1. The van der Waals surface area contributed by atoms with E-state index in [0.717, 1.165) is 6.42 Å². The molecule has 0 radical (unpaired) electrons. The summed E-state index contributed by atoms with van der Waals surface area (Å²) in [5, 5.41) is 0. The highest BCUT2D eigenvalue weighted by molar-refractivity contribution is 5.66. The zero-order valence-electron chi connectivity index (χ0n) is 7.73. The fourth-order valence-corrected chi connectivity index (χ4v) is 1.17. The molecule has 1 aliphatic rings. The Bertz CT molecular complexity index is 220. The summed E-state index contributed by atoms with van der Waals surface area (Å²) in [6.45, 7) is 5.45. The third kappa shape index (κ3) is 3.42. The molecule has 0 N–H and O–H groups in total. The highest BCUT2D eigenvalue weighted by atomic mass is 16.6. The molecular weight excluding hydrogens is 168 g/mol. The van der Waals surface area contributed by atoms with Crippen LogP contribution in [0.1, 0.15) is 13.3 Å². The normalized spacial score (nSPS) is 26.8. The zero-order chi connectivity index (χ0) is 9.68. The van der Waals surface area contributed by atoms with Crippen molar-refractivity contribution in [1.29, 1.82) is 0 Å². The highest BCUT2D eigenvalue weighted by Gasteiger charge is 2.16. The summed E-state index contributed by atoms with van der Waals surface area (Å²) in [6, 6.07) is 0. The van der Waals surface area contributed by atoms with Crippen molar-refractivity contribution >= 4 is 5.97 Å². The number of esters is 1. The van der Waals surface area contributed by atoms with Crippen molar-refractivity contribution in [2.45, 2.75) is 25.6 Å². The van der Waals surface area contributed by atoms with Crippen LogP contribution < -0.4 is 0 Å². The molecule has 0 bridgehead atoms. The van der Waals surface area contributed by atoms with E-state index in [0.29, 0.717) is 6.61 Å². The van der Waals surface area contributed by atoms with Gasteiger partial charge in [-0.1, -0.05) is 12.2 Å². The molecule has 0 saturated carbocycles. The van der Waals surface area contributed by atoms with Gasteiger partial charge in [0.25, 0.3) is 0 Å². The molecule has 0 aromatic carbocycles. The van der Waals surface area contributed by atoms with Crippen LogP contribution in [0.4, 0.5) is 0 Å². The average molecular weight is 182 g/mol. The molecule has 0 spiro atoms. The summed E-state index contributed by atoms with van der Waals surface area (Å²) in [4.78, 5) is 10.6. The molecule has 0 aromatic heterocycles. The molecule has 72 valence electrons. The van der Waals surface area contributed by atoms with Gasteiger partial charge in [0.2, 0.25) is 0 Å². The van der Waals surface area contributed by atoms with Crippen molar-refractivity contribution in [3.63, 3.8) is 0 Å². The van der Waals surface area contributed by atoms with Crippen LogP contribution >= 0.6 is 0 Å². The van der Waals surface area contributed by atoms with Gasteiger partial charge >= 0.3 is 5.97 Å². The predicted octanol–water partition coefficient (Wildman–Crippen LogP) is 1.45. The first-order chi connectivity index (χ1) is 6.22. The van der Waals surface area contributed by atoms with Crippen molar-refractivity contribution in [3.8, 4) is 0 Å².